The van der Waals surface area contributed by atoms with Gasteiger partial charge in [0, 0.05) is 143 Å². The van der Waals surface area contributed by atoms with Crippen LogP contribution in [0.1, 0.15) is 11.1 Å². The second-order valence-electron chi connectivity index (χ2n) is 32.8. The molecule has 27 rings (SSSR count). The van der Waals surface area contributed by atoms with Crippen molar-refractivity contribution in [3.63, 3.8) is 0 Å². The molecule has 8 heterocycles. The minimum atomic E-state index is 0.636. The largest absolute Gasteiger partial charge is 0.309 e. The molecule has 0 saturated carbocycles. The molecule has 0 spiro atoms. The van der Waals surface area contributed by atoms with Crippen molar-refractivity contribution in [1.29, 1.82) is 0 Å². The van der Waals surface area contributed by atoms with Gasteiger partial charge in [0.25, 0.3) is 0 Å². The second-order valence-corrected chi connectivity index (χ2v) is 36.0. The van der Waals surface area contributed by atoms with Crippen LogP contribution >= 0.6 is 34.0 Å². The number of nitrogens with zero attached hydrogens (tertiary/aromatic N) is 9. The van der Waals surface area contributed by atoms with E-state index in [9.17, 15) is 0 Å². The molecule has 0 atom stereocenters. The van der Waals surface area contributed by atoms with Gasteiger partial charge < -0.3 is 13.7 Å². The Labute approximate surface area is 740 Å². The summed E-state index contributed by atoms with van der Waals surface area (Å²) in [6.07, 6.45) is 0.891. The topological polar surface area (TPSA) is 92.1 Å². The summed E-state index contributed by atoms with van der Waals surface area (Å²) in [7, 11) is 0. The molecule has 0 unspecified atom stereocenters. The van der Waals surface area contributed by atoms with Gasteiger partial charge in [0.15, 0.2) is 34.9 Å². The lowest BCUT2D eigenvalue weighted by Gasteiger charge is -2.12. The van der Waals surface area contributed by atoms with Crippen LogP contribution in [0.4, 0.5) is 0 Å². The van der Waals surface area contributed by atoms with Gasteiger partial charge in [0.1, 0.15) is 0 Å². The standard InChI is InChI=1S/C58H34N4S2.C57H35N5S/c1-3-11-34(12-4-1)56-59-57(35-13-5-2-6-14-35)61-58(60-56)40-20-19-38-27-39-21-24-41(31-45(39)44(38)30-40)62-50-17-9-7-15-42(50)46-28-36(22-25-51(46)62)37-23-26-53-47(29-37)49-33-54-48(32-55(49)64-53)43-16-8-10-18-52(43)63-54;1-3-14-36(15-4-1)55-58-56(37-16-5-2-6-17-37)60-57(59-55)38-26-29-40(30-27-38)61-49-23-10-8-19-44(49)48-35-41(31-33-52(48)61)62-50-24-11-7-18-43(50)47-34-39(28-32-51(47)62)42-21-13-22-46-45-20-9-12-25-53(45)63-54(42)46/h1-26,28-33H,27H2;1-35H. The predicted octanol–water partition coefficient (Wildman–Crippen LogP) is 31.0. The lowest BCUT2D eigenvalue weighted by Crippen LogP contribution is -2.00. The first-order valence-electron chi connectivity index (χ1n) is 42.8. The molecule has 8 aromatic heterocycles. The van der Waals surface area contributed by atoms with Gasteiger partial charge in [-0.25, -0.2) is 29.9 Å². The fourth-order valence-corrected chi connectivity index (χ4v) is 22.9. The third kappa shape index (κ3) is 12.2. The maximum Gasteiger partial charge on any atom is 0.164 e. The van der Waals surface area contributed by atoms with Crippen LogP contribution in [0.15, 0.2) is 406 Å². The summed E-state index contributed by atoms with van der Waals surface area (Å²) < 4.78 is 15.2. The summed E-state index contributed by atoms with van der Waals surface area (Å²) in [4.78, 5) is 29.9. The minimum Gasteiger partial charge on any atom is -0.309 e. The molecule has 0 N–H and O–H groups in total. The van der Waals surface area contributed by atoms with Crippen molar-refractivity contribution in [3.8, 4) is 119 Å². The Bertz CT molecular complexity index is 8880. The Kier molecular flexibility index (Phi) is 16.8. The molecule has 0 radical (unpaired) electrons. The molecule has 127 heavy (non-hydrogen) atoms. The molecule has 0 fully saturated rings. The van der Waals surface area contributed by atoms with Crippen LogP contribution in [-0.4, -0.2) is 43.6 Å². The lowest BCUT2D eigenvalue weighted by molar-refractivity contribution is 1.07. The number of aromatic nitrogens is 9. The molecule has 0 saturated heterocycles. The highest BCUT2D eigenvalue weighted by Gasteiger charge is 2.26. The number of para-hydroxylation sites is 3. The zero-order valence-electron chi connectivity index (χ0n) is 68.1. The first-order chi connectivity index (χ1) is 62.9. The number of hydrogen-bond acceptors (Lipinski definition) is 9. The number of benzene rings is 18. The fraction of sp³-hybridized carbons (Fsp3) is 0.00870. The zero-order chi connectivity index (χ0) is 83.3. The quantitative estimate of drug-likeness (QED) is 0.128. The SMILES string of the molecule is c1ccc(-c2nc(-c3ccccc3)nc(-c3ccc(-n4c5ccccc5c5cc(-n6c7ccccc7c7cc(-c8cccc9c8sc8ccccc89)ccc76)ccc54)cc3)n2)cc1.c1ccc(-c2nc(-c3ccccc3)nc(-c3ccc4c(c3)-c3cc(-n5c6ccccc6c6cc(-c7ccc8sc9cc%10c(cc9c8c7)sc7ccccc7%10)ccc65)ccc3C4)n2)cc1. The van der Waals surface area contributed by atoms with Crippen LogP contribution in [0.3, 0.4) is 0 Å². The first kappa shape index (κ1) is 72.7. The molecule has 26 aromatic rings. The molecule has 592 valence electrons. The monoisotopic (exact) mass is 1670 g/mol. The normalized spacial score (nSPS) is 12.1. The van der Waals surface area contributed by atoms with E-state index in [-0.39, 0.29) is 0 Å². The van der Waals surface area contributed by atoms with E-state index in [1.807, 2.05) is 131 Å². The van der Waals surface area contributed by atoms with E-state index in [1.54, 1.807) is 0 Å². The summed E-state index contributed by atoms with van der Waals surface area (Å²) in [5, 5.41) is 15.4. The van der Waals surface area contributed by atoms with Crippen molar-refractivity contribution in [1.82, 2.24) is 43.6 Å². The summed E-state index contributed by atoms with van der Waals surface area (Å²) in [6, 6.07) is 146. The minimum absolute atomic E-state index is 0.636. The van der Waals surface area contributed by atoms with Crippen molar-refractivity contribution >= 4 is 160 Å². The van der Waals surface area contributed by atoms with E-state index in [0.717, 1.165) is 67.9 Å². The first-order valence-corrected chi connectivity index (χ1v) is 45.3. The van der Waals surface area contributed by atoms with E-state index in [1.165, 1.54) is 159 Å². The van der Waals surface area contributed by atoms with Crippen LogP contribution < -0.4 is 0 Å². The van der Waals surface area contributed by atoms with Gasteiger partial charge in [0.2, 0.25) is 0 Å². The highest BCUT2D eigenvalue weighted by molar-refractivity contribution is 7.27. The number of fused-ring (bicyclic) bond motifs is 21. The van der Waals surface area contributed by atoms with Gasteiger partial charge in [-0.3, -0.25) is 0 Å². The maximum atomic E-state index is 5.05. The third-order valence-corrected chi connectivity index (χ3v) is 28.9. The van der Waals surface area contributed by atoms with Crippen LogP contribution in [0.5, 0.6) is 0 Å². The molecule has 0 bridgehead atoms. The molecule has 1 aliphatic rings. The van der Waals surface area contributed by atoms with Gasteiger partial charge in [0.05, 0.1) is 33.1 Å². The summed E-state index contributed by atoms with van der Waals surface area (Å²) in [5.74, 6) is 3.92. The lowest BCUT2D eigenvalue weighted by atomic mass is 10.0. The van der Waals surface area contributed by atoms with Crippen molar-refractivity contribution in [2.75, 3.05) is 0 Å². The van der Waals surface area contributed by atoms with Crippen molar-refractivity contribution in [3.05, 3.63) is 418 Å². The van der Waals surface area contributed by atoms with E-state index < -0.39 is 0 Å². The van der Waals surface area contributed by atoms with Gasteiger partial charge in [-0.15, -0.1) is 34.0 Å². The smallest absolute Gasteiger partial charge is 0.164 e. The Morgan fingerprint density at radius 2 is 0.504 bits per heavy atom. The van der Waals surface area contributed by atoms with E-state index in [0.29, 0.717) is 34.9 Å². The molecule has 18 aromatic carbocycles. The fourth-order valence-electron chi connectivity index (χ4n) is 19.4. The Balaban J connectivity index is 0.000000135. The maximum absolute atomic E-state index is 5.05. The van der Waals surface area contributed by atoms with E-state index in [4.69, 9.17) is 29.9 Å². The third-order valence-electron chi connectivity index (χ3n) is 25.4. The van der Waals surface area contributed by atoms with Gasteiger partial charge in [-0.05, 0) is 190 Å². The van der Waals surface area contributed by atoms with Crippen LogP contribution in [0.2, 0.25) is 0 Å². The molecule has 12 heteroatoms. The van der Waals surface area contributed by atoms with Crippen molar-refractivity contribution < 1.29 is 0 Å². The summed E-state index contributed by atoms with van der Waals surface area (Å²) >= 11 is 5.66. The van der Waals surface area contributed by atoms with Crippen molar-refractivity contribution in [2.45, 2.75) is 6.42 Å². The molecular formula is C115H69N9S3. The molecule has 0 amide bonds. The summed E-state index contributed by atoms with van der Waals surface area (Å²) in [5.41, 5.74) is 26.2. The Hall–Kier alpha value is -16.0. The Morgan fingerprint density at radius 1 is 0.173 bits per heavy atom. The molecule has 9 nitrogen and oxygen atoms in total. The average Bonchev–Trinajstić information content (AvgIpc) is 1.61. The Morgan fingerprint density at radius 3 is 1.05 bits per heavy atom. The number of thiophene rings is 3. The number of rotatable bonds is 11. The van der Waals surface area contributed by atoms with Crippen LogP contribution in [0.25, 0.3) is 245 Å². The molecular weight excluding hydrogens is 1600 g/mol. The van der Waals surface area contributed by atoms with Gasteiger partial charge >= 0.3 is 0 Å². The number of hydrogen-bond donors (Lipinski definition) is 0. The highest BCUT2D eigenvalue weighted by Crippen LogP contribution is 2.48. The van der Waals surface area contributed by atoms with Gasteiger partial charge in [-0.1, -0.05) is 267 Å². The van der Waals surface area contributed by atoms with E-state index in [2.05, 4.69) is 323 Å². The molecule has 0 aliphatic heterocycles. The van der Waals surface area contributed by atoms with Crippen LogP contribution in [0, 0.1) is 0 Å². The predicted molar refractivity (Wildman–Crippen MR) is 533 cm³/mol. The summed E-state index contributed by atoms with van der Waals surface area (Å²) in [6.45, 7) is 0. The van der Waals surface area contributed by atoms with Gasteiger partial charge in [-0.2, -0.15) is 0 Å². The van der Waals surface area contributed by atoms with E-state index >= 15 is 0 Å². The molecule has 1 aliphatic carbocycles. The second kappa shape index (κ2) is 29.4. The zero-order valence-corrected chi connectivity index (χ0v) is 70.6. The van der Waals surface area contributed by atoms with Crippen molar-refractivity contribution in [2.24, 2.45) is 0 Å². The average molecular weight is 1670 g/mol. The highest BCUT2D eigenvalue weighted by atomic mass is 32.1. The van der Waals surface area contributed by atoms with Crippen LogP contribution in [-0.2, 0) is 6.42 Å².